The highest BCUT2D eigenvalue weighted by atomic mass is 32.2. The van der Waals surface area contributed by atoms with Gasteiger partial charge in [0.15, 0.2) is 0 Å². The van der Waals surface area contributed by atoms with Crippen LogP contribution < -0.4 is 10.5 Å². The molecule has 0 heterocycles. The topological polar surface area (TPSA) is 92.4 Å². The molecule has 1 saturated carbocycles. The molecule has 1 fully saturated rings. The van der Waals surface area contributed by atoms with Crippen molar-refractivity contribution >= 4 is 10.0 Å². The lowest BCUT2D eigenvalue weighted by Gasteiger charge is -2.21. The number of nitrogens with two attached hydrogens (primary N) is 1. The molecule has 6 heteroatoms. The van der Waals surface area contributed by atoms with Crippen molar-refractivity contribution in [2.24, 2.45) is 17.0 Å². The van der Waals surface area contributed by atoms with Crippen LogP contribution in [0.25, 0.3) is 0 Å². The molecule has 0 saturated heterocycles. The van der Waals surface area contributed by atoms with E-state index in [-0.39, 0.29) is 17.5 Å². The van der Waals surface area contributed by atoms with Gasteiger partial charge in [-0.25, -0.2) is 13.6 Å². The molecule has 0 amide bonds. The monoisotopic (exact) mass is 312 g/mol. The molecular formula is C15H24N2O3S. The van der Waals surface area contributed by atoms with Gasteiger partial charge in [0.25, 0.3) is 0 Å². The zero-order chi connectivity index (χ0) is 15.5. The average Bonchev–Trinajstić information content (AvgIpc) is 2.91. The summed E-state index contributed by atoms with van der Waals surface area (Å²) < 4.78 is 22.4. The summed E-state index contributed by atoms with van der Waals surface area (Å²) in [6.45, 7) is 3.20. The van der Waals surface area contributed by atoms with Gasteiger partial charge < -0.3 is 10.4 Å². The van der Waals surface area contributed by atoms with Crippen molar-refractivity contribution in [3.63, 3.8) is 0 Å². The summed E-state index contributed by atoms with van der Waals surface area (Å²) in [6.07, 6.45) is 3.46. The Labute approximate surface area is 126 Å². The molecule has 1 aliphatic carbocycles. The first-order chi connectivity index (χ1) is 9.91. The normalized spacial score (nSPS) is 24.1. The molecule has 118 valence electrons. The summed E-state index contributed by atoms with van der Waals surface area (Å²) in [5.74, 6) is 0.940. The molecule has 1 aromatic carbocycles. The van der Waals surface area contributed by atoms with Crippen LogP contribution in [-0.2, 0) is 10.0 Å². The number of rotatable bonds is 6. The molecular weight excluding hydrogens is 288 g/mol. The highest BCUT2D eigenvalue weighted by molar-refractivity contribution is 7.89. The fourth-order valence-electron chi connectivity index (χ4n) is 3.01. The molecule has 0 spiro atoms. The maximum Gasteiger partial charge on any atom is 0.238 e. The molecule has 21 heavy (non-hydrogen) atoms. The van der Waals surface area contributed by atoms with Gasteiger partial charge in [0.2, 0.25) is 10.0 Å². The third-order valence-electron chi connectivity index (χ3n) is 4.45. The zero-order valence-corrected chi connectivity index (χ0v) is 13.1. The first kappa shape index (κ1) is 16.4. The van der Waals surface area contributed by atoms with Crippen molar-refractivity contribution in [1.29, 1.82) is 0 Å². The van der Waals surface area contributed by atoms with E-state index in [1.165, 1.54) is 18.6 Å². The molecule has 4 N–H and O–H groups in total. The molecule has 1 aliphatic rings. The molecule has 2 rings (SSSR count). The second-order valence-corrected chi connectivity index (χ2v) is 7.44. The fraction of sp³-hybridized carbons (Fsp3) is 0.600. The van der Waals surface area contributed by atoms with Crippen LogP contribution in [-0.4, -0.2) is 26.7 Å². The van der Waals surface area contributed by atoms with E-state index < -0.39 is 10.0 Å². The summed E-state index contributed by atoms with van der Waals surface area (Å²) in [4.78, 5) is 0.134. The van der Waals surface area contributed by atoms with Crippen LogP contribution in [0.1, 0.15) is 37.8 Å². The van der Waals surface area contributed by atoms with Crippen LogP contribution in [0.3, 0.4) is 0 Å². The summed E-state index contributed by atoms with van der Waals surface area (Å²) >= 11 is 0. The summed E-state index contributed by atoms with van der Waals surface area (Å²) in [7, 11) is -3.63. The van der Waals surface area contributed by atoms with Crippen LogP contribution in [0.15, 0.2) is 29.2 Å². The van der Waals surface area contributed by atoms with Gasteiger partial charge in [-0.05, 0) is 55.8 Å². The molecule has 0 aromatic heterocycles. The highest BCUT2D eigenvalue weighted by Crippen LogP contribution is 2.31. The van der Waals surface area contributed by atoms with E-state index in [0.29, 0.717) is 11.8 Å². The van der Waals surface area contributed by atoms with Gasteiger partial charge in [0.05, 0.1) is 4.90 Å². The van der Waals surface area contributed by atoms with Gasteiger partial charge in [0, 0.05) is 12.6 Å². The second kappa shape index (κ2) is 6.87. The Bertz CT molecular complexity index is 557. The number of benzene rings is 1. The van der Waals surface area contributed by atoms with Crippen LogP contribution in [0.4, 0.5) is 0 Å². The van der Waals surface area contributed by atoms with Gasteiger partial charge in [-0.2, -0.15) is 0 Å². The minimum absolute atomic E-state index is 0.134. The van der Waals surface area contributed by atoms with Crippen LogP contribution in [0, 0.1) is 11.8 Å². The van der Waals surface area contributed by atoms with Gasteiger partial charge >= 0.3 is 0 Å². The molecule has 0 aliphatic heterocycles. The number of sulfonamides is 1. The Morgan fingerprint density at radius 3 is 2.48 bits per heavy atom. The van der Waals surface area contributed by atoms with Crippen molar-refractivity contribution in [2.75, 3.05) is 13.2 Å². The van der Waals surface area contributed by atoms with Crippen LogP contribution >= 0.6 is 0 Å². The van der Waals surface area contributed by atoms with E-state index in [4.69, 9.17) is 5.14 Å². The van der Waals surface area contributed by atoms with Crippen LogP contribution in [0.5, 0.6) is 0 Å². The van der Waals surface area contributed by atoms with Crippen molar-refractivity contribution < 1.29 is 13.5 Å². The van der Waals surface area contributed by atoms with E-state index in [1.807, 2.05) is 0 Å². The Hall–Kier alpha value is -0.950. The maximum absolute atomic E-state index is 11.2. The van der Waals surface area contributed by atoms with Crippen LogP contribution in [0.2, 0.25) is 0 Å². The predicted octanol–water partition coefficient (Wildman–Crippen LogP) is 1.39. The number of primary sulfonamides is 1. The third kappa shape index (κ3) is 4.26. The number of hydrogen-bond donors (Lipinski definition) is 3. The molecule has 1 aromatic rings. The van der Waals surface area contributed by atoms with Crippen molar-refractivity contribution in [3.8, 4) is 0 Å². The molecule has 5 nitrogen and oxygen atoms in total. The number of aliphatic hydroxyl groups is 1. The standard InChI is InChI=1S/C15H24N2O3S/c1-11(17-9-13-3-2-4-14(13)10-18)12-5-7-15(8-6-12)21(16,19)20/h5-8,11,13-14,17-18H,2-4,9-10H2,1H3,(H2,16,19,20). The van der Waals surface area contributed by atoms with E-state index in [0.717, 1.165) is 24.9 Å². The lowest BCUT2D eigenvalue weighted by atomic mass is 9.96. The van der Waals surface area contributed by atoms with Gasteiger partial charge in [0.1, 0.15) is 0 Å². The minimum Gasteiger partial charge on any atom is -0.396 e. The largest absolute Gasteiger partial charge is 0.396 e. The Kier molecular flexibility index (Phi) is 5.37. The summed E-state index contributed by atoms with van der Waals surface area (Å²) in [5, 5.41) is 17.9. The summed E-state index contributed by atoms with van der Waals surface area (Å²) in [6, 6.07) is 6.79. The third-order valence-corrected chi connectivity index (χ3v) is 5.38. The second-order valence-electron chi connectivity index (χ2n) is 5.88. The van der Waals surface area contributed by atoms with E-state index in [1.54, 1.807) is 12.1 Å². The number of hydrogen-bond acceptors (Lipinski definition) is 4. The van der Waals surface area contributed by atoms with E-state index in [2.05, 4.69) is 12.2 Å². The van der Waals surface area contributed by atoms with Gasteiger partial charge in [-0.3, -0.25) is 0 Å². The van der Waals surface area contributed by atoms with E-state index in [9.17, 15) is 13.5 Å². The maximum atomic E-state index is 11.2. The van der Waals surface area contributed by atoms with Crippen molar-refractivity contribution in [2.45, 2.75) is 37.1 Å². The fourth-order valence-corrected chi connectivity index (χ4v) is 3.53. The molecule has 0 radical (unpaired) electrons. The smallest absolute Gasteiger partial charge is 0.238 e. The lowest BCUT2D eigenvalue weighted by molar-refractivity contribution is 0.190. The highest BCUT2D eigenvalue weighted by Gasteiger charge is 2.26. The average molecular weight is 312 g/mol. The Morgan fingerprint density at radius 2 is 1.90 bits per heavy atom. The zero-order valence-electron chi connectivity index (χ0n) is 12.3. The molecule has 3 unspecified atom stereocenters. The first-order valence-electron chi connectivity index (χ1n) is 7.39. The van der Waals surface area contributed by atoms with Gasteiger partial charge in [-0.15, -0.1) is 0 Å². The van der Waals surface area contributed by atoms with Crippen molar-refractivity contribution in [3.05, 3.63) is 29.8 Å². The summed E-state index contributed by atoms with van der Waals surface area (Å²) in [5.41, 5.74) is 1.03. The molecule has 3 atom stereocenters. The number of nitrogens with one attached hydrogen (secondary N) is 1. The Balaban J connectivity index is 1.93. The number of aliphatic hydroxyl groups excluding tert-OH is 1. The molecule has 0 bridgehead atoms. The lowest BCUT2D eigenvalue weighted by Crippen LogP contribution is -2.28. The van der Waals surface area contributed by atoms with Gasteiger partial charge in [-0.1, -0.05) is 18.6 Å². The van der Waals surface area contributed by atoms with Crippen molar-refractivity contribution in [1.82, 2.24) is 5.32 Å². The minimum atomic E-state index is -3.63. The Morgan fingerprint density at radius 1 is 1.29 bits per heavy atom. The van der Waals surface area contributed by atoms with E-state index >= 15 is 0 Å². The SMILES string of the molecule is CC(NCC1CCCC1CO)c1ccc(S(N)(=O)=O)cc1. The quantitative estimate of drug-likeness (QED) is 0.740. The predicted molar refractivity (Wildman–Crippen MR) is 82.1 cm³/mol. The first-order valence-corrected chi connectivity index (χ1v) is 8.93.